The van der Waals surface area contributed by atoms with Crippen LogP contribution in [-0.4, -0.2) is 37.7 Å². The van der Waals surface area contributed by atoms with Gasteiger partial charge in [-0.25, -0.2) is 17.7 Å². The number of aryl methyl sites for hydroxylation is 1. The van der Waals surface area contributed by atoms with Gasteiger partial charge in [-0.15, -0.1) is 11.3 Å². The summed E-state index contributed by atoms with van der Waals surface area (Å²) < 4.78 is 25.7. The van der Waals surface area contributed by atoms with E-state index in [2.05, 4.69) is 10.3 Å². The molecule has 0 atom stereocenters. The Balaban J connectivity index is 2.29. The molecule has 1 aromatic heterocycles. The molecule has 0 spiro atoms. The second kappa shape index (κ2) is 6.75. The van der Waals surface area contributed by atoms with Crippen LogP contribution in [0.2, 0.25) is 0 Å². The van der Waals surface area contributed by atoms with Crippen molar-refractivity contribution in [2.75, 3.05) is 19.4 Å². The molecule has 0 fully saturated rings. The lowest BCUT2D eigenvalue weighted by atomic mass is 10.2. The zero-order valence-electron chi connectivity index (χ0n) is 13.0. The highest BCUT2D eigenvalue weighted by Gasteiger charge is 2.20. The minimum atomic E-state index is -3.58. The highest BCUT2D eigenvalue weighted by atomic mass is 32.2. The van der Waals surface area contributed by atoms with Crippen molar-refractivity contribution >= 4 is 33.0 Å². The predicted octanol–water partition coefficient (Wildman–Crippen LogP) is 1.41. The molecule has 0 aliphatic heterocycles. The summed E-state index contributed by atoms with van der Waals surface area (Å²) in [6.07, 6.45) is 0. The molecular weight excluding hydrogens is 336 g/mol. The van der Waals surface area contributed by atoms with Gasteiger partial charge in [-0.1, -0.05) is 6.07 Å². The van der Waals surface area contributed by atoms with Gasteiger partial charge >= 0.3 is 0 Å². The Kier molecular flexibility index (Phi) is 5.15. The SMILES string of the molecule is Cc1ccc(NC(=O)c2csc(CN)n2)cc1S(=O)(=O)N(C)C. The summed E-state index contributed by atoms with van der Waals surface area (Å²) in [6.45, 7) is 1.98. The van der Waals surface area contributed by atoms with E-state index in [1.165, 1.54) is 31.5 Å². The minimum absolute atomic E-state index is 0.154. The molecule has 0 bridgehead atoms. The van der Waals surface area contributed by atoms with Gasteiger partial charge in [0.05, 0.1) is 4.90 Å². The summed E-state index contributed by atoms with van der Waals surface area (Å²) in [5.74, 6) is -0.405. The van der Waals surface area contributed by atoms with E-state index in [1.54, 1.807) is 24.4 Å². The molecule has 2 aromatic rings. The number of hydrogen-bond donors (Lipinski definition) is 2. The number of nitrogens with two attached hydrogens (primary N) is 1. The van der Waals surface area contributed by atoms with E-state index in [-0.39, 0.29) is 17.1 Å². The molecule has 7 nitrogen and oxygen atoms in total. The fourth-order valence-electron chi connectivity index (χ4n) is 1.86. The van der Waals surface area contributed by atoms with Crippen molar-refractivity contribution in [2.45, 2.75) is 18.4 Å². The molecule has 0 unspecified atom stereocenters. The molecule has 3 N–H and O–H groups in total. The molecule has 9 heteroatoms. The van der Waals surface area contributed by atoms with Gasteiger partial charge in [0.1, 0.15) is 10.7 Å². The summed E-state index contributed by atoms with van der Waals surface area (Å²) in [5, 5.41) is 4.93. The Labute approximate surface area is 139 Å². The second-order valence-corrected chi connectivity index (χ2v) is 8.12. The maximum absolute atomic E-state index is 12.3. The summed E-state index contributed by atoms with van der Waals surface area (Å²) in [6, 6.07) is 4.75. The van der Waals surface area contributed by atoms with Gasteiger partial charge in [0, 0.05) is 31.7 Å². The smallest absolute Gasteiger partial charge is 0.275 e. The fraction of sp³-hybridized carbons (Fsp3) is 0.286. The standard InChI is InChI=1S/C14H18N4O3S2/c1-9-4-5-10(6-12(9)23(20,21)18(2)3)16-14(19)11-8-22-13(7-15)17-11/h4-6,8H,7,15H2,1-3H3,(H,16,19). The molecule has 2 rings (SSSR count). The van der Waals surface area contributed by atoms with E-state index in [9.17, 15) is 13.2 Å². The van der Waals surface area contributed by atoms with Gasteiger partial charge in [-0.05, 0) is 24.6 Å². The van der Waals surface area contributed by atoms with Crippen LogP contribution in [0.15, 0.2) is 28.5 Å². The number of amides is 1. The molecule has 23 heavy (non-hydrogen) atoms. The highest BCUT2D eigenvalue weighted by molar-refractivity contribution is 7.89. The highest BCUT2D eigenvalue weighted by Crippen LogP contribution is 2.23. The molecule has 0 aliphatic carbocycles. The van der Waals surface area contributed by atoms with Gasteiger partial charge in [0.25, 0.3) is 5.91 Å². The third kappa shape index (κ3) is 3.75. The summed E-state index contributed by atoms with van der Waals surface area (Å²) >= 11 is 1.30. The first kappa shape index (κ1) is 17.5. The van der Waals surface area contributed by atoms with Crippen LogP contribution in [0, 0.1) is 6.92 Å². The summed E-state index contributed by atoms with van der Waals surface area (Å²) in [4.78, 5) is 16.4. The lowest BCUT2D eigenvalue weighted by Crippen LogP contribution is -2.23. The molecular formula is C14H18N4O3S2. The zero-order valence-corrected chi connectivity index (χ0v) is 14.7. The molecule has 0 saturated carbocycles. The molecule has 0 saturated heterocycles. The number of aromatic nitrogens is 1. The van der Waals surface area contributed by atoms with Gasteiger partial charge in [0.15, 0.2) is 0 Å². The van der Waals surface area contributed by atoms with E-state index in [4.69, 9.17) is 5.73 Å². The topological polar surface area (TPSA) is 105 Å². The maximum atomic E-state index is 12.3. The Morgan fingerprint density at radius 1 is 1.39 bits per heavy atom. The van der Waals surface area contributed by atoms with Crippen LogP contribution in [-0.2, 0) is 16.6 Å². The van der Waals surface area contributed by atoms with Crippen LogP contribution in [0.25, 0.3) is 0 Å². The number of nitrogens with one attached hydrogen (secondary N) is 1. The van der Waals surface area contributed by atoms with E-state index in [0.29, 0.717) is 16.3 Å². The average Bonchev–Trinajstić information content (AvgIpc) is 2.98. The Morgan fingerprint density at radius 3 is 2.65 bits per heavy atom. The van der Waals surface area contributed by atoms with E-state index in [1.807, 2.05) is 0 Å². The number of thiazole rings is 1. The van der Waals surface area contributed by atoms with Gasteiger partial charge in [-0.2, -0.15) is 0 Å². The van der Waals surface area contributed by atoms with Crippen molar-refractivity contribution in [1.82, 2.24) is 9.29 Å². The van der Waals surface area contributed by atoms with Crippen molar-refractivity contribution in [3.8, 4) is 0 Å². The predicted molar refractivity (Wildman–Crippen MR) is 90.0 cm³/mol. The zero-order chi connectivity index (χ0) is 17.2. The number of sulfonamides is 1. The minimum Gasteiger partial charge on any atom is -0.325 e. The third-order valence-electron chi connectivity index (χ3n) is 3.16. The first-order valence-corrected chi connectivity index (χ1v) is 9.06. The van der Waals surface area contributed by atoms with Gasteiger partial charge < -0.3 is 11.1 Å². The number of carbonyl (C=O) groups is 1. The Morgan fingerprint density at radius 2 is 2.09 bits per heavy atom. The number of hydrogen-bond acceptors (Lipinski definition) is 6. The molecule has 0 radical (unpaired) electrons. The molecule has 1 aromatic carbocycles. The quantitative estimate of drug-likeness (QED) is 0.844. The lowest BCUT2D eigenvalue weighted by Gasteiger charge is -2.15. The van der Waals surface area contributed by atoms with Crippen LogP contribution in [0.4, 0.5) is 5.69 Å². The van der Waals surface area contributed by atoms with E-state index < -0.39 is 15.9 Å². The van der Waals surface area contributed by atoms with Crippen molar-refractivity contribution < 1.29 is 13.2 Å². The third-order valence-corrected chi connectivity index (χ3v) is 5.99. The molecule has 124 valence electrons. The van der Waals surface area contributed by atoms with Crippen molar-refractivity contribution in [2.24, 2.45) is 5.73 Å². The number of carbonyl (C=O) groups excluding carboxylic acids is 1. The molecule has 1 amide bonds. The van der Waals surface area contributed by atoms with Gasteiger partial charge in [0.2, 0.25) is 10.0 Å². The van der Waals surface area contributed by atoms with E-state index >= 15 is 0 Å². The summed E-state index contributed by atoms with van der Waals surface area (Å²) in [7, 11) is -0.654. The Hall–Kier alpha value is -1.81. The summed E-state index contributed by atoms with van der Waals surface area (Å²) in [5.41, 5.74) is 6.73. The average molecular weight is 354 g/mol. The fourth-order valence-corrected chi connectivity index (χ4v) is 3.66. The van der Waals surface area contributed by atoms with Crippen LogP contribution in [0.3, 0.4) is 0 Å². The van der Waals surface area contributed by atoms with Crippen molar-refractivity contribution in [3.05, 3.63) is 39.8 Å². The second-order valence-electron chi connectivity index (χ2n) is 5.05. The lowest BCUT2D eigenvalue weighted by molar-refractivity contribution is 0.102. The largest absolute Gasteiger partial charge is 0.325 e. The van der Waals surface area contributed by atoms with E-state index in [0.717, 1.165) is 4.31 Å². The van der Waals surface area contributed by atoms with Crippen molar-refractivity contribution in [1.29, 1.82) is 0 Å². The van der Waals surface area contributed by atoms with Crippen LogP contribution < -0.4 is 11.1 Å². The Bertz CT molecular complexity index is 828. The number of rotatable bonds is 5. The maximum Gasteiger partial charge on any atom is 0.275 e. The number of nitrogens with zero attached hydrogens (tertiary/aromatic N) is 2. The first-order chi connectivity index (χ1) is 10.8. The monoisotopic (exact) mass is 354 g/mol. The van der Waals surface area contributed by atoms with Crippen molar-refractivity contribution in [3.63, 3.8) is 0 Å². The first-order valence-electron chi connectivity index (χ1n) is 6.74. The number of anilines is 1. The van der Waals surface area contributed by atoms with Crippen LogP contribution >= 0.6 is 11.3 Å². The van der Waals surface area contributed by atoms with Gasteiger partial charge in [-0.3, -0.25) is 4.79 Å². The van der Waals surface area contributed by atoms with Crippen LogP contribution in [0.5, 0.6) is 0 Å². The number of benzene rings is 1. The van der Waals surface area contributed by atoms with Crippen LogP contribution in [0.1, 0.15) is 21.1 Å². The normalized spacial score (nSPS) is 11.7. The molecule has 0 aliphatic rings. The molecule has 1 heterocycles.